The van der Waals surface area contributed by atoms with Crippen LogP contribution in [0.25, 0.3) is 0 Å². The first kappa shape index (κ1) is 14.3. The van der Waals surface area contributed by atoms with Gasteiger partial charge in [-0.25, -0.2) is 0 Å². The predicted octanol–water partition coefficient (Wildman–Crippen LogP) is 1.48. The van der Waals surface area contributed by atoms with Crippen LogP contribution in [0.15, 0.2) is 24.3 Å². The van der Waals surface area contributed by atoms with E-state index in [4.69, 9.17) is 11.6 Å². The van der Waals surface area contributed by atoms with E-state index >= 15 is 0 Å². The van der Waals surface area contributed by atoms with Crippen molar-refractivity contribution in [1.82, 2.24) is 9.80 Å². The fourth-order valence-corrected chi connectivity index (χ4v) is 2.53. The van der Waals surface area contributed by atoms with Gasteiger partial charge in [0.05, 0.1) is 16.7 Å². The molecule has 0 spiro atoms. The fourth-order valence-electron chi connectivity index (χ4n) is 2.31. The molecule has 1 aromatic carbocycles. The Hall–Kier alpha value is -1.10. The second-order valence-corrected chi connectivity index (χ2v) is 5.33. The maximum absolute atomic E-state index is 12.3. The molecule has 1 heterocycles. The summed E-state index contributed by atoms with van der Waals surface area (Å²) in [5, 5.41) is 9.85. The quantitative estimate of drug-likeness (QED) is 0.913. The summed E-state index contributed by atoms with van der Waals surface area (Å²) in [5.74, 6) is -0.0118. The molecule has 2 rings (SSSR count). The Kier molecular flexibility index (Phi) is 4.80. The van der Waals surface area contributed by atoms with Gasteiger partial charge in [-0.3, -0.25) is 9.69 Å². The molecule has 19 heavy (non-hydrogen) atoms. The summed E-state index contributed by atoms with van der Waals surface area (Å²) < 4.78 is 0. The van der Waals surface area contributed by atoms with E-state index in [9.17, 15) is 9.90 Å². The molecule has 1 N–H and O–H groups in total. The average Bonchev–Trinajstić information content (AvgIpc) is 2.39. The number of aliphatic hydroxyl groups is 1. The highest BCUT2D eigenvalue weighted by Crippen LogP contribution is 2.18. The topological polar surface area (TPSA) is 43.8 Å². The van der Waals surface area contributed by atoms with E-state index in [0.29, 0.717) is 30.2 Å². The van der Waals surface area contributed by atoms with E-state index in [-0.39, 0.29) is 12.0 Å². The summed E-state index contributed by atoms with van der Waals surface area (Å²) in [7, 11) is 0. The van der Waals surface area contributed by atoms with Crippen molar-refractivity contribution >= 4 is 17.5 Å². The molecule has 0 radical (unpaired) electrons. The van der Waals surface area contributed by atoms with Crippen LogP contribution >= 0.6 is 11.6 Å². The molecule has 1 aromatic rings. The maximum Gasteiger partial charge on any atom is 0.255 e. The Bertz CT molecular complexity index is 443. The number of hydrogen-bond acceptors (Lipinski definition) is 3. The Morgan fingerprint density at radius 2 is 1.95 bits per heavy atom. The number of carbonyl (C=O) groups is 1. The molecular weight excluding hydrogens is 264 g/mol. The van der Waals surface area contributed by atoms with Gasteiger partial charge in [0, 0.05) is 32.7 Å². The number of amides is 1. The third-order valence-corrected chi connectivity index (χ3v) is 3.62. The van der Waals surface area contributed by atoms with E-state index in [0.717, 1.165) is 13.1 Å². The molecule has 0 aliphatic carbocycles. The second kappa shape index (κ2) is 6.37. The first-order valence-electron chi connectivity index (χ1n) is 6.52. The number of rotatable bonds is 3. The van der Waals surface area contributed by atoms with Crippen LogP contribution in [0.5, 0.6) is 0 Å². The number of carbonyl (C=O) groups excluding carboxylic acids is 1. The van der Waals surface area contributed by atoms with Crippen molar-refractivity contribution in [3.8, 4) is 0 Å². The summed E-state index contributed by atoms with van der Waals surface area (Å²) in [4.78, 5) is 16.3. The molecule has 0 bridgehead atoms. The van der Waals surface area contributed by atoms with Gasteiger partial charge in [-0.05, 0) is 19.1 Å². The molecule has 5 heteroatoms. The van der Waals surface area contributed by atoms with Crippen LogP contribution in [0.3, 0.4) is 0 Å². The van der Waals surface area contributed by atoms with Crippen LogP contribution in [0, 0.1) is 0 Å². The molecule has 1 atom stereocenters. The zero-order chi connectivity index (χ0) is 13.8. The molecule has 104 valence electrons. The number of nitrogens with zero attached hydrogens (tertiary/aromatic N) is 2. The third kappa shape index (κ3) is 3.69. The summed E-state index contributed by atoms with van der Waals surface area (Å²) in [6.07, 6.45) is -0.328. The van der Waals surface area contributed by atoms with Crippen molar-refractivity contribution in [2.24, 2.45) is 0 Å². The lowest BCUT2D eigenvalue weighted by atomic mass is 10.1. The lowest BCUT2D eigenvalue weighted by Gasteiger charge is -2.35. The Labute approximate surface area is 118 Å². The van der Waals surface area contributed by atoms with Crippen LogP contribution in [0.2, 0.25) is 5.02 Å². The van der Waals surface area contributed by atoms with E-state index in [2.05, 4.69) is 4.90 Å². The van der Waals surface area contributed by atoms with Crippen molar-refractivity contribution in [1.29, 1.82) is 0 Å². The molecule has 1 aliphatic rings. The maximum atomic E-state index is 12.3. The van der Waals surface area contributed by atoms with E-state index in [1.807, 2.05) is 17.0 Å². The third-order valence-electron chi connectivity index (χ3n) is 3.29. The molecular formula is C14H19ClN2O2. The first-order chi connectivity index (χ1) is 9.08. The zero-order valence-corrected chi connectivity index (χ0v) is 11.8. The van der Waals surface area contributed by atoms with Crippen LogP contribution in [0.1, 0.15) is 17.3 Å². The van der Waals surface area contributed by atoms with Gasteiger partial charge in [0.1, 0.15) is 0 Å². The van der Waals surface area contributed by atoms with Crippen molar-refractivity contribution in [2.45, 2.75) is 13.0 Å². The van der Waals surface area contributed by atoms with Gasteiger partial charge < -0.3 is 10.0 Å². The lowest BCUT2D eigenvalue weighted by Crippen LogP contribution is -2.50. The zero-order valence-electron chi connectivity index (χ0n) is 11.1. The highest BCUT2D eigenvalue weighted by molar-refractivity contribution is 6.33. The number of halogens is 1. The molecule has 0 aromatic heterocycles. The van der Waals surface area contributed by atoms with Gasteiger partial charge >= 0.3 is 0 Å². The standard InChI is InChI=1S/C14H19ClN2O2/c1-11(18)10-16-6-8-17(9-7-16)14(19)12-4-2-3-5-13(12)15/h2-5,11,18H,6-10H2,1H3/t11-/m1/s1. The molecule has 1 saturated heterocycles. The lowest BCUT2D eigenvalue weighted by molar-refractivity contribution is 0.0554. The van der Waals surface area contributed by atoms with E-state index < -0.39 is 0 Å². The predicted molar refractivity (Wildman–Crippen MR) is 75.5 cm³/mol. The summed E-state index contributed by atoms with van der Waals surface area (Å²) in [6, 6.07) is 7.13. The number of aliphatic hydroxyl groups excluding tert-OH is 1. The molecule has 1 amide bonds. The largest absolute Gasteiger partial charge is 0.392 e. The van der Waals surface area contributed by atoms with Crippen LogP contribution < -0.4 is 0 Å². The Balaban J connectivity index is 1.95. The normalized spacial score (nSPS) is 18.4. The van der Waals surface area contributed by atoms with E-state index in [1.54, 1.807) is 19.1 Å². The van der Waals surface area contributed by atoms with Crippen LogP contribution in [-0.2, 0) is 0 Å². The van der Waals surface area contributed by atoms with Gasteiger partial charge in [0.25, 0.3) is 5.91 Å². The smallest absolute Gasteiger partial charge is 0.255 e. The highest BCUT2D eigenvalue weighted by Gasteiger charge is 2.23. The van der Waals surface area contributed by atoms with Crippen molar-refractivity contribution < 1.29 is 9.90 Å². The number of hydrogen-bond donors (Lipinski definition) is 1. The van der Waals surface area contributed by atoms with E-state index in [1.165, 1.54) is 0 Å². The van der Waals surface area contributed by atoms with Crippen LogP contribution in [0.4, 0.5) is 0 Å². The van der Waals surface area contributed by atoms with Gasteiger partial charge in [-0.15, -0.1) is 0 Å². The average molecular weight is 283 g/mol. The number of β-amino-alcohol motifs (C(OH)–C–C–N with tert-alkyl or cyclic N) is 1. The highest BCUT2D eigenvalue weighted by atomic mass is 35.5. The monoisotopic (exact) mass is 282 g/mol. The minimum atomic E-state index is -0.328. The minimum Gasteiger partial charge on any atom is -0.392 e. The number of benzene rings is 1. The van der Waals surface area contributed by atoms with Crippen LogP contribution in [-0.4, -0.2) is 59.6 Å². The van der Waals surface area contributed by atoms with Crippen molar-refractivity contribution in [3.63, 3.8) is 0 Å². The SMILES string of the molecule is C[C@@H](O)CN1CCN(C(=O)c2ccccc2Cl)CC1. The second-order valence-electron chi connectivity index (χ2n) is 4.92. The van der Waals surface area contributed by atoms with Gasteiger partial charge in [0.15, 0.2) is 0 Å². The molecule has 1 fully saturated rings. The van der Waals surface area contributed by atoms with Crippen molar-refractivity contribution in [2.75, 3.05) is 32.7 Å². The minimum absolute atomic E-state index is 0.0118. The molecule has 4 nitrogen and oxygen atoms in total. The van der Waals surface area contributed by atoms with Gasteiger partial charge in [-0.1, -0.05) is 23.7 Å². The first-order valence-corrected chi connectivity index (χ1v) is 6.90. The van der Waals surface area contributed by atoms with Gasteiger partial charge in [0.2, 0.25) is 0 Å². The Morgan fingerprint density at radius 3 is 2.53 bits per heavy atom. The molecule has 0 unspecified atom stereocenters. The Morgan fingerprint density at radius 1 is 1.32 bits per heavy atom. The van der Waals surface area contributed by atoms with Gasteiger partial charge in [-0.2, -0.15) is 0 Å². The summed E-state index contributed by atoms with van der Waals surface area (Å²) in [6.45, 7) is 5.38. The fraction of sp³-hybridized carbons (Fsp3) is 0.500. The van der Waals surface area contributed by atoms with Crippen molar-refractivity contribution in [3.05, 3.63) is 34.9 Å². The summed E-state index contributed by atoms with van der Waals surface area (Å²) in [5.41, 5.74) is 0.563. The molecule has 0 saturated carbocycles. The molecule has 1 aliphatic heterocycles. The number of piperazine rings is 1. The summed E-state index contributed by atoms with van der Waals surface area (Å²) >= 11 is 6.04.